The molecule has 26 heavy (non-hydrogen) atoms. The first-order chi connectivity index (χ1) is 11.9. The third kappa shape index (κ3) is 6.08. The first-order valence-electron chi connectivity index (χ1n) is 8.40. The molecule has 0 fully saturated rings. The van der Waals surface area contributed by atoms with Crippen LogP contribution >= 0.6 is 0 Å². The number of rotatable bonds is 8. The predicted octanol–water partition coefficient (Wildman–Crippen LogP) is -0.697. The summed E-state index contributed by atoms with van der Waals surface area (Å²) in [7, 11) is 1.08. The maximum absolute atomic E-state index is 12.4. The van der Waals surface area contributed by atoms with Crippen molar-refractivity contribution < 1.29 is 22.9 Å². The van der Waals surface area contributed by atoms with E-state index in [9.17, 15) is 18.0 Å². The zero-order valence-corrected chi connectivity index (χ0v) is 17.0. The number of carbonyl (C=O) groups excluding carboxylic acids is 2. The fraction of sp³-hybridized carbons (Fsp3) is 0.529. The van der Waals surface area contributed by atoms with Crippen molar-refractivity contribution in [3.05, 3.63) is 24.3 Å². The molecule has 3 N–H and O–H groups in total. The summed E-state index contributed by atoms with van der Waals surface area (Å²) >= 11 is 0. The minimum atomic E-state index is -3.58. The highest BCUT2D eigenvalue weighted by Gasteiger charge is 2.25. The molecule has 1 aromatic carbocycles. The van der Waals surface area contributed by atoms with Crippen molar-refractivity contribution in [2.24, 2.45) is 0 Å². The summed E-state index contributed by atoms with van der Waals surface area (Å²) in [6, 6.07) is 5.65. The van der Waals surface area contributed by atoms with Crippen LogP contribution in [0, 0.1) is 0 Å². The lowest BCUT2D eigenvalue weighted by Gasteiger charge is -2.21. The molecular formula is C17H29N4O4S+. The lowest BCUT2D eigenvalue weighted by atomic mass is 10.2. The van der Waals surface area contributed by atoms with Crippen LogP contribution in [0.15, 0.2) is 29.2 Å². The molecule has 0 heterocycles. The van der Waals surface area contributed by atoms with Crippen molar-refractivity contribution >= 4 is 27.5 Å². The molecule has 146 valence electrons. The number of hydrogen-bond acceptors (Lipinski definition) is 4. The number of benzene rings is 1. The summed E-state index contributed by atoms with van der Waals surface area (Å²) in [6.07, 6.45) is 0. The van der Waals surface area contributed by atoms with Gasteiger partial charge in [-0.1, -0.05) is 6.07 Å². The molecule has 9 heteroatoms. The Kier molecular flexibility index (Phi) is 7.73. The zero-order valence-electron chi connectivity index (χ0n) is 16.2. The van der Waals surface area contributed by atoms with Crippen molar-refractivity contribution in [2.75, 3.05) is 33.0 Å². The molecule has 1 rings (SSSR count). The highest BCUT2D eigenvalue weighted by Crippen LogP contribution is 2.17. The molecule has 0 bridgehead atoms. The van der Waals surface area contributed by atoms with E-state index in [2.05, 4.69) is 10.6 Å². The van der Waals surface area contributed by atoms with Crippen molar-refractivity contribution in [3.63, 3.8) is 0 Å². The molecule has 1 unspecified atom stereocenters. The smallest absolute Gasteiger partial charge is 0.282 e. The average molecular weight is 386 g/mol. The lowest BCUT2D eigenvalue weighted by Crippen LogP contribution is -3.15. The monoisotopic (exact) mass is 385 g/mol. The van der Waals surface area contributed by atoms with Gasteiger partial charge in [-0.25, -0.2) is 12.7 Å². The minimum Gasteiger partial charge on any atom is -0.349 e. The minimum absolute atomic E-state index is 0.0424. The molecule has 8 nitrogen and oxygen atoms in total. The highest BCUT2D eigenvalue weighted by atomic mass is 32.2. The topological polar surface area (TPSA) is 100 Å². The fourth-order valence-electron chi connectivity index (χ4n) is 2.20. The molecular weight excluding hydrogens is 356 g/mol. The Hall–Kier alpha value is -1.97. The van der Waals surface area contributed by atoms with Gasteiger partial charge in [0.05, 0.1) is 11.9 Å². The quantitative estimate of drug-likeness (QED) is 0.551. The lowest BCUT2D eigenvalue weighted by molar-refractivity contribution is -0.885. The van der Waals surface area contributed by atoms with Gasteiger partial charge >= 0.3 is 0 Å². The zero-order chi connectivity index (χ0) is 20.1. The molecule has 1 aromatic rings. The van der Waals surface area contributed by atoms with Crippen LogP contribution in [0.4, 0.5) is 5.69 Å². The van der Waals surface area contributed by atoms with Crippen molar-refractivity contribution in [2.45, 2.75) is 37.8 Å². The molecule has 0 radical (unpaired) electrons. The average Bonchev–Trinajstić information content (AvgIpc) is 2.53. The first-order valence-corrected chi connectivity index (χ1v) is 9.84. The van der Waals surface area contributed by atoms with Gasteiger partial charge in [0.1, 0.15) is 0 Å². The van der Waals surface area contributed by atoms with Gasteiger partial charge in [-0.15, -0.1) is 0 Å². The van der Waals surface area contributed by atoms with Crippen LogP contribution in [-0.4, -0.2) is 64.3 Å². The fourth-order valence-corrected chi connectivity index (χ4v) is 3.15. The third-order valence-electron chi connectivity index (χ3n) is 3.90. The molecule has 0 aliphatic carbocycles. The van der Waals surface area contributed by atoms with Crippen LogP contribution in [0.3, 0.4) is 0 Å². The number of hydrogen-bond donors (Lipinski definition) is 3. The van der Waals surface area contributed by atoms with Gasteiger partial charge in [-0.2, -0.15) is 0 Å². The summed E-state index contributed by atoms with van der Waals surface area (Å²) < 4.78 is 25.5. The van der Waals surface area contributed by atoms with Crippen LogP contribution < -0.4 is 15.5 Å². The van der Waals surface area contributed by atoms with Gasteiger partial charge in [0.2, 0.25) is 10.0 Å². The van der Waals surface area contributed by atoms with E-state index in [0.29, 0.717) is 5.69 Å². The van der Waals surface area contributed by atoms with Gasteiger partial charge in [0, 0.05) is 25.8 Å². The first kappa shape index (κ1) is 22.1. The van der Waals surface area contributed by atoms with E-state index < -0.39 is 16.1 Å². The molecule has 0 aliphatic heterocycles. The van der Waals surface area contributed by atoms with Crippen LogP contribution in [-0.2, 0) is 19.6 Å². The van der Waals surface area contributed by atoms with Crippen LogP contribution in [0.1, 0.15) is 20.8 Å². The number of likely N-dealkylation sites (N-methyl/N-ethyl adjacent to an activating group) is 1. The summed E-state index contributed by atoms with van der Waals surface area (Å²) in [4.78, 5) is 25.1. The molecule has 0 spiro atoms. The highest BCUT2D eigenvalue weighted by molar-refractivity contribution is 7.89. The van der Waals surface area contributed by atoms with E-state index in [1.165, 1.54) is 26.2 Å². The Morgan fingerprint density at radius 2 is 1.81 bits per heavy atom. The second-order valence-corrected chi connectivity index (χ2v) is 8.92. The van der Waals surface area contributed by atoms with E-state index in [1.54, 1.807) is 26.1 Å². The number of sulfonamides is 1. The van der Waals surface area contributed by atoms with E-state index in [-0.39, 0.29) is 29.3 Å². The van der Waals surface area contributed by atoms with Gasteiger partial charge in [0.25, 0.3) is 11.8 Å². The molecule has 0 aromatic heterocycles. The number of quaternary nitrogens is 1. The standard InChI is InChI=1S/C17H28N4O4S/c1-12(2)18-16(22)11-21(6)13(3)17(23)19-14-8-7-9-15(10-14)26(24,25)20(4)5/h7-10,12-13H,11H2,1-6H3,(H,18,22)(H,19,23)/p+1/t13-/m0/s1. The number of carbonyl (C=O) groups is 2. The van der Waals surface area contributed by atoms with Gasteiger partial charge in [-0.3, -0.25) is 9.59 Å². The largest absolute Gasteiger partial charge is 0.349 e. The van der Waals surface area contributed by atoms with Crippen molar-refractivity contribution in [1.29, 1.82) is 0 Å². The summed E-state index contributed by atoms with van der Waals surface area (Å²) in [5.41, 5.74) is 0.393. The van der Waals surface area contributed by atoms with Gasteiger partial charge in [-0.05, 0) is 39.0 Å². The van der Waals surface area contributed by atoms with Crippen LogP contribution in [0.5, 0.6) is 0 Å². The van der Waals surface area contributed by atoms with E-state index >= 15 is 0 Å². The molecule has 2 atom stereocenters. The summed E-state index contributed by atoms with van der Waals surface area (Å²) in [5, 5.41) is 5.50. The number of nitrogens with one attached hydrogen (secondary N) is 3. The number of amides is 2. The van der Waals surface area contributed by atoms with E-state index in [1.807, 2.05) is 13.8 Å². The third-order valence-corrected chi connectivity index (χ3v) is 5.71. The number of anilines is 1. The van der Waals surface area contributed by atoms with Crippen molar-refractivity contribution in [3.8, 4) is 0 Å². The molecule has 0 saturated heterocycles. The second-order valence-electron chi connectivity index (χ2n) is 6.77. The van der Waals surface area contributed by atoms with E-state index in [4.69, 9.17) is 0 Å². The second kappa shape index (κ2) is 9.11. The van der Waals surface area contributed by atoms with Gasteiger partial charge < -0.3 is 15.5 Å². The van der Waals surface area contributed by atoms with Crippen LogP contribution in [0.25, 0.3) is 0 Å². The van der Waals surface area contributed by atoms with Crippen LogP contribution in [0.2, 0.25) is 0 Å². The Labute approximate surface area is 155 Å². The molecule has 2 amide bonds. The Morgan fingerprint density at radius 1 is 1.19 bits per heavy atom. The summed E-state index contributed by atoms with van der Waals surface area (Å²) in [5.74, 6) is -0.421. The van der Waals surface area contributed by atoms with Gasteiger partial charge in [0.15, 0.2) is 12.6 Å². The Morgan fingerprint density at radius 3 is 2.35 bits per heavy atom. The summed E-state index contributed by atoms with van der Waals surface area (Å²) in [6.45, 7) is 5.63. The van der Waals surface area contributed by atoms with E-state index in [0.717, 1.165) is 9.21 Å². The molecule has 0 aliphatic rings. The van der Waals surface area contributed by atoms with Crippen molar-refractivity contribution in [1.82, 2.24) is 9.62 Å². The normalized spacial score (nSPS) is 14.2. The molecule has 0 saturated carbocycles. The Bertz CT molecular complexity index is 747. The maximum Gasteiger partial charge on any atom is 0.282 e. The maximum atomic E-state index is 12.4. The Balaban J connectivity index is 2.80. The predicted molar refractivity (Wildman–Crippen MR) is 100 cm³/mol. The SMILES string of the molecule is CC(C)NC(=O)C[NH+](C)[C@@H](C)C(=O)Nc1cccc(S(=O)(=O)N(C)C)c1. The number of nitrogens with zero attached hydrogens (tertiary/aromatic N) is 1.